The summed E-state index contributed by atoms with van der Waals surface area (Å²) >= 11 is 0. The van der Waals surface area contributed by atoms with Crippen LogP contribution in [0, 0.1) is 12.3 Å². The van der Waals surface area contributed by atoms with Crippen LogP contribution in [0.3, 0.4) is 0 Å². The zero-order valence-electron chi connectivity index (χ0n) is 25.6. The molecular formula is C36H49N3O3. The fourth-order valence-electron chi connectivity index (χ4n) is 7.59. The van der Waals surface area contributed by atoms with Gasteiger partial charge in [0.25, 0.3) is 11.8 Å². The first kappa shape index (κ1) is 29.2. The predicted molar refractivity (Wildman–Crippen MR) is 169 cm³/mol. The van der Waals surface area contributed by atoms with E-state index in [0.717, 1.165) is 18.5 Å². The zero-order valence-corrected chi connectivity index (χ0v) is 25.6. The second-order valence-corrected chi connectivity index (χ2v) is 13.7. The molecule has 226 valence electrons. The van der Waals surface area contributed by atoms with Gasteiger partial charge in [0.05, 0.1) is 0 Å². The van der Waals surface area contributed by atoms with Crippen LogP contribution < -0.4 is 5.32 Å². The zero-order chi connectivity index (χ0) is 29.2. The SMILES string of the molecule is Cc1cc(C(=O)N2CCN(C(=O)C3(O)CC3)CC2)ccc1-c1ccc2c(c1)CC1(CCCCCCCCCCC1)CN2. The van der Waals surface area contributed by atoms with E-state index >= 15 is 0 Å². The molecule has 6 nitrogen and oxygen atoms in total. The molecule has 3 fully saturated rings. The van der Waals surface area contributed by atoms with Gasteiger partial charge in [-0.3, -0.25) is 9.59 Å². The molecule has 0 bridgehead atoms. The van der Waals surface area contributed by atoms with E-state index in [9.17, 15) is 14.7 Å². The number of amides is 2. The lowest BCUT2D eigenvalue weighted by molar-refractivity contribution is -0.143. The Balaban J connectivity index is 1.13. The molecule has 2 aromatic carbocycles. The molecule has 2 saturated carbocycles. The van der Waals surface area contributed by atoms with E-state index in [0.29, 0.717) is 50.0 Å². The summed E-state index contributed by atoms with van der Waals surface area (Å²) in [7, 11) is 0. The van der Waals surface area contributed by atoms with E-state index in [4.69, 9.17) is 0 Å². The number of carbonyl (C=O) groups excluding carboxylic acids is 2. The summed E-state index contributed by atoms with van der Waals surface area (Å²) in [5.41, 5.74) is 6.15. The van der Waals surface area contributed by atoms with E-state index in [1.165, 1.54) is 93.0 Å². The molecule has 4 aliphatic rings. The first-order chi connectivity index (χ1) is 20.4. The molecule has 2 N–H and O–H groups in total. The number of nitrogens with one attached hydrogen (secondary N) is 1. The van der Waals surface area contributed by atoms with Gasteiger partial charge in [-0.15, -0.1) is 0 Å². The highest BCUT2D eigenvalue weighted by atomic mass is 16.3. The van der Waals surface area contributed by atoms with E-state index < -0.39 is 5.60 Å². The third-order valence-corrected chi connectivity index (χ3v) is 10.5. The van der Waals surface area contributed by atoms with Crippen molar-refractivity contribution in [2.75, 3.05) is 38.0 Å². The summed E-state index contributed by atoms with van der Waals surface area (Å²) in [6.07, 6.45) is 17.4. The molecule has 2 aliphatic heterocycles. The Morgan fingerprint density at radius 1 is 0.762 bits per heavy atom. The van der Waals surface area contributed by atoms with E-state index in [1.54, 1.807) is 4.90 Å². The number of hydrogen-bond acceptors (Lipinski definition) is 4. The van der Waals surface area contributed by atoms with Crippen molar-refractivity contribution in [1.82, 2.24) is 9.80 Å². The van der Waals surface area contributed by atoms with Crippen molar-refractivity contribution in [3.63, 3.8) is 0 Å². The topological polar surface area (TPSA) is 72.9 Å². The van der Waals surface area contributed by atoms with Crippen LogP contribution in [-0.2, 0) is 11.2 Å². The first-order valence-electron chi connectivity index (χ1n) is 16.6. The van der Waals surface area contributed by atoms with Crippen molar-refractivity contribution in [3.05, 3.63) is 53.1 Å². The van der Waals surface area contributed by atoms with Crippen LogP contribution in [0.4, 0.5) is 5.69 Å². The highest BCUT2D eigenvalue weighted by molar-refractivity contribution is 5.95. The number of aryl methyl sites for hydroxylation is 1. The summed E-state index contributed by atoms with van der Waals surface area (Å²) < 4.78 is 0. The number of anilines is 1. The number of rotatable bonds is 3. The van der Waals surface area contributed by atoms with Gasteiger partial charge in [-0.25, -0.2) is 0 Å². The van der Waals surface area contributed by atoms with Crippen molar-refractivity contribution in [2.45, 2.75) is 102 Å². The van der Waals surface area contributed by atoms with Crippen LogP contribution in [0.5, 0.6) is 0 Å². The van der Waals surface area contributed by atoms with Gasteiger partial charge < -0.3 is 20.2 Å². The molecule has 0 aromatic heterocycles. The highest BCUT2D eigenvalue weighted by Crippen LogP contribution is 2.43. The fourth-order valence-corrected chi connectivity index (χ4v) is 7.59. The van der Waals surface area contributed by atoms with Crippen molar-refractivity contribution >= 4 is 17.5 Å². The van der Waals surface area contributed by atoms with Crippen molar-refractivity contribution in [3.8, 4) is 11.1 Å². The number of aliphatic hydroxyl groups is 1. The van der Waals surface area contributed by atoms with Gasteiger partial charge >= 0.3 is 0 Å². The third kappa shape index (κ3) is 6.39. The van der Waals surface area contributed by atoms with E-state index in [2.05, 4.69) is 36.5 Å². The molecule has 1 saturated heterocycles. The Kier molecular flexibility index (Phi) is 8.63. The molecule has 0 radical (unpaired) electrons. The molecule has 2 amide bonds. The molecule has 42 heavy (non-hydrogen) atoms. The largest absolute Gasteiger partial charge is 0.384 e. The minimum atomic E-state index is -1.14. The number of hydrogen-bond donors (Lipinski definition) is 2. The number of nitrogens with zero attached hydrogens (tertiary/aromatic N) is 2. The van der Waals surface area contributed by atoms with Crippen LogP contribution >= 0.6 is 0 Å². The second-order valence-electron chi connectivity index (χ2n) is 13.7. The van der Waals surface area contributed by atoms with Gasteiger partial charge in [-0.1, -0.05) is 69.9 Å². The van der Waals surface area contributed by atoms with Crippen LogP contribution in [-0.4, -0.2) is 65.0 Å². The first-order valence-corrected chi connectivity index (χ1v) is 16.6. The number of piperazine rings is 1. The van der Waals surface area contributed by atoms with Crippen LogP contribution in [0.15, 0.2) is 36.4 Å². The summed E-state index contributed by atoms with van der Waals surface area (Å²) in [6.45, 7) is 5.16. The van der Waals surface area contributed by atoms with Gasteiger partial charge in [0, 0.05) is 44.0 Å². The van der Waals surface area contributed by atoms with Crippen LogP contribution in [0.25, 0.3) is 11.1 Å². The summed E-state index contributed by atoms with van der Waals surface area (Å²) in [5.74, 6) is -0.159. The van der Waals surface area contributed by atoms with Crippen molar-refractivity contribution < 1.29 is 14.7 Å². The Bertz CT molecular complexity index is 1280. The van der Waals surface area contributed by atoms with E-state index in [-0.39, 0.29) is 11.8 Å². The predicted octanol–water partition coefficient (Wildman–Crippen LogP) is 6.73. The summed E-state index contributed by atoms with van der Waals surface area (Å²) in [4.78, 5) is 29.4. The highest BCUT2D eigenvalue weighted by Gasteiger charge is 2.50. The molecule has 2 aromatic rings. The normalized spacial score (nSPS) is 22.3. The average Bonchev–Trinajstić information content (AvgIpc) is 3.76. The summed E-state index contributed by atoms with van der Waals surface area (Å²) in [5, 5.41) is 14.0. The van der Waals surface area contributed by atoms with E-state index in [1.807, 2.05) is 17.0 Å². The lowest BCUT2D eigenvalue weighted by atomic mass is 9.71. The van der Waals surface area contributed by atoms with Gasteiger partial charge in [-0.05, 0) is 91.0 Å². The maximum absolute atomic E-state index is 13.4. The summed E-state index contributed by atoms with van der Waals surface area (Å²) in [6, 6.07) is 13.0. The number of fused-ring (bicyclic) bond motifs is 1. The maximum atomic E-state index is 13.4. The molecule has 6 heteroatoms. The van der Waals surface area contributed by atoms with Gasteiger partial charge in [0.2, 0.25) is 0 Å². The second kappa shape index (κ2) is 12.4. The van der Waals surface area contributed by atoms with Crippen molar-refractivity contribution in [1.29, 1.82) is 0 Å². The van der Waals surface area contributed by atoms with Gasteiger partial charge in [0.15, 0.2) is 0 Å². The Morgan fingerprint density at radius 2 is 1.38 bits per heavy atom. The fraction of sp³-hybridized carbons (Fsp3) is 0.611. The van der Waals surface area contributed by atoms with Gasteiger partial charge in [0.1, 0.15) is 5.60 Å². The molecule has 2 aliphatic carbocycles. The Hall–Kier alpha value is -2.86. The number of benzene rings is 2. The van der Waals surface area contributed by atoms with Crippen molar-refractivity contribution in [2.24, 2.45) is 5.41 Å². The molecule has 0 unspecified atom stereocenters. The lowest BCUT2D eigenvalue weighted by Crippen LogP contribution is -2.53. The third-order valence-electron chi connectivity index (χ3n) is 10.5. The maximum Gasteiger partial charge on any atom is 0.254 e. The smallest absolute Gasteiger partial charge is 0.254 e. The molecule has 2 heterocycles. The molecule has 6 rings (SSSR count). The Labute approximate surface area is 251 Å². The quantitative estimate of drug-likeness (QED) is 0.429. The molecular weight excluding hydrogens is 522 g/mol. The van der Waals surface area contributed by atoms with Crippen LogP contribution in [0.2, 0.25) is 0 Å². The Morgan fingerprint density at radius 3 is 2.00 bits per heavy atom. The molecule has 0 atom stereocenters. The standard InChI is InChI=1S/C36H49N3O3/c1-27-23-29(33(40)38-19-21-39(22-20-38)34(41)36(42)17-18-36)11-13-31(27)28-12-14-32-30(24-28)25-35(26-37-32)15-9-7-5-3-2-4-6-8-10-16-35/h11-14,23-24,37,42H,2-10,15-22,25-26H2,1H3. The minimum absolute atomic E-state index is 0.0148. The monoisotopic (exact) mass is 571 g/mol. The molecule has 1 spiro atoms. The number of carbonyl (C=O) groups is 2. The van der Waals surface area contributed by atoms with Crippen LogP contribution in [0.1, 0.15) is 105 Å². The lowest BCUT2D eigenvalue weighted by Gasteiger charge is -2.40. The minimum Gasteiger partial charge on any atom is -0.384 e. The van der Waals surface area contributed by atoms with Gasteiger partial charge in [-0.2, -0.15) is 0 Å². The average molecular weight is 572 g/mol.